The van der Waals surface area contributed by atoms with Crippen LogP contribution in [-0.2, 0) is 9.53 Å². The van der Waals surface area contributed by atoms with Crippen LogP contribution in [-0.4, -0.2) is 43.2 Å². The van der Waals surface area contributed by atoms with Gasteiger partial charge in [-0.2, -0.15) is 0 Å². The molecule has 1 amide bonds. The van der Waals surface area contributed by atoms with Crippen LogP contribution < -0.4 is 5.32 Å². The number of hydrogen-bond acceptors (Lipinski definition) is 3. The van der Waals surface area contributed by atoms with Crippen LogP contribution in [0.15, 0.2) is 30.3 Å². The normalized spacial score (nSPS) is 20.6. The Kier molecular flexibility index (Phi) is 6.27. The van der Waals surface area contributed by atoms with Gasteiger partial charge in [-0.1, -0.05) is 36.8 Å². The van der Waals surface area contributed by atoms with E-state index in [4.69, 9.17) is 4.74 Å². The first-order chi connectivity index (χ1) is 11.7. The van der Waals surface area contributed by atoms with Crippen molar-refractivity contribution in [1.82, 2.24) is 10.2 Å². The van der Waals surface area contributed by atoms with Crippen molar-refractivity contribution >= 4 is 5.91 Å². The van der Waals surface area contributed by atoms with Gasteiger partial charge < -0.3 is 10.1 Å². The number of benzene rings is 1. The van der Waals surface area contributed by atoms with Gasteiger partial charge in [-0.05, 0) is 44.1 Å². The highest BCUT2D eigenvalue weighted by atomic mass is 16.5. The van der Waals surface area contributed by atoms with E-state index in [2.05, 4.69) is 41.4 Å². The van der Waals surface area contributed by atoms with Gasteiger partial charge in [-0.3, -0.25) is 9.69 Å². The third kappa shape index (κ3) is 4.81. The fourth-order valence-corrected chi connectivity index (χ4v) is 3.61. The van der Waals surface area contributed by atoms with Gasteiger partial charge >= 0.3 is 0 Å². The maximum Gasteiger partial charge on any atom is 0.234 e. The molecule has 1 atom stereocenters. The van der Waals surface area contributed by atoms with Crippen LogP contribution in [0.4, 0.5) is 0 Å². The van der Waals surface area contributed by atoms with E-state index >= 15 is 0 Å². The van der Waals surface area contributed by atoms with Crippen molar-refractivity contribution in [1.29, 1.82) is 0 Å². The zero-order valence-electron chi connectivity index (χ0n) is 14.7. The van der Waals surface area contributed by atoms with Gasteiger partial charge in [-0.25, -0.2) is 0 Å². The van der Waals surface area contributed by atoms with Gasteiger partial charge in [0, 0.05) is 31.8 Å². The molecule has 1 unspecified atom stereocenters. The summed E-state index contributed by atoms with van der Waals surface area (Å²) in [6.07, 6.45) is 5.82. The van der Waals surface area contributed by atoms with Crippen molar-refractivity contribution in [3.63, 3.8) is 0 Å². The molecule has 0 bridgehead atoms. The summed E-state index contributed by atoms with van der Waals surface area (Å²) in [7, 11) is 0. The Hall–Kier alpha value is -1.39. The summed E-state index contributed by atoms with van der Waals surface area (Å²) < 4.78 is 5.37. The monoisotopic (exact) mass is 330 g/mol. The van der Waals surface area contributed by atoms with E-state index in [0.717, 1.165) is 38.5 Å². The smallest absolute Gasteiger partial charge is 0.234 e. The van der Waals surface area contributed by atoms with Crippen LogP contribution in [0.1, 0.15) is 50.6 Å². The number of hydrogen-bond donors (Lipinski definition) is 1. The standard InChI is InChI=1S/C20H30N2O2/c1-16(18-8-3-2-4-9-18)22(14-17-6-5-7-17)15-20(23)21-19-10-12-24-13-11-19/h2-4,8-9,16-17,19H,5-7,10-15H2,1H3,(H,21,23). The summed E-state index contributed by atoms with van der Waals surface area (Å²) in [5.74, 6) is 0.913. The van der Waals surface area contributed by atoms with Crippen LogP contribution in [0, 0.1) is 5.92 Å². The van der Waals surface area contributed by atoms with E-state index < -0.39 is 0 Å². The van der Waals surface area contributed by atoms with Crippen LogP contribution >= 0.6 is 0 Å². The highest BCUT2D eigenvalue weighted by Gasteiger charge is 2.26. The molecule has 1 heterocycles. The maximum absolute atomic E-state index is 12.6. The van der Waals surface area contributed by atoms with Crippen molar-refractivity contribution in [2.24, 2.45) is 5.92 Å². The lowest BCUT2D eigenvalue weighted by Gasteiger charge is -2.36. The Morgan fingerprint density at radius 2 is 1.92 bits per heavy atom. The molecule has 3 rings (SSSR count). The number of rotatable bonds is 7. The van der Waals surface area contributed by atoms with Crippen LogP contribution in [0.2, 0.25) is 0 Å². The molecule has 1 aliphatic heterocycles. The molecule has 1 aromatic rings. The largest absolute Gasteiger partial charge is 0.381 e. The van der Waals surface area contributed by atoms with Gasteiger partial charge in [0.15, 0.2) is 0 Å². The molecule has 0 aromatic heterocycles. The molecule has 2 aliphatic rings. The predicted octanol–water partition coefficient (Wildman–Crippen LogP) is 3.14. The zero-order valence-corrected chi connectivity index (χ0v) is 14.7. The molecule has 1 N–H and O–H groups in total. The lowest BCUT2D eigenvalue weighted by molar-refractivity contribution is -0.124. The lowest BCUT2D eigenvalue weighted by Crippen LogP contribution is -2.46. The van der Waals surface area contributed by atoms with E-state index in [9.17, 15) is 4.79 Å². The Bertz CT molecular complexity index is 510. The highest BCUT2D eigenvalue weighted by molar-refractivity contribution is 5.78. The Labute approximate surface area is 145 Å². The fraction of sp³-hybridized carbons (Fsp3) is 0.650. The quantitative estimate of drug-likeness (QED) is 0.835. The van der Waals surface area contributed by atoms with E-state index in [1.807, 2.05) is 6.07 Å². The van der Waals surface area contributed by atoms with Crippen molar-refractivity contribution in [3.8, 4) is 0 Å². The molecule has 1 aromatic carbocycles. The van der Waals surface area contributed by atoms with Crippen LogP contribution in [0.25, 0.3) is 0 Å². The van der Waals surface area contributed by atoms with Gasteiger partial charge in [0.25, 0.3) is 0 Å². The molecule has 0 spiro atoms. The zero-order chi connectivity index (χ0) is 16.8. The number of carbonyl (C=O) groups excluding carboxylic acids is 1. The number of ether oxygens (including phenoxy) is 1. The summed E-state index contributed by atoms with van der Waals surface area (Å²) in [5.41, 5.74) is 1.29. The fourth-order valence-electron chi connectivity index (χ4n) is 3.61. The van der Waals surface area contributed by atoms with Gasteiger partial charge in [0.05, 0.1) is 6.54 Å². The van der Waals surface area contributed by atoms with Crippen molar-refractivity contribution in [2.75, 3.05) is 26.3 Å². The minimum absolute atomic E-state index is 0.156. The second kappa shape index (κ2) is 8.63. The molecule has 4 nitrogen and oxygen atoms in total. The molecule has 1 saturated heterocycles. The van der Waals surface area contributed by atoms with Gasteiger partial charge in [-0.15, -0.1) is 0 Å². The minimum Gasteiger partial charge on any atom is -0.381 e. The number of nitrogens with one attached hydrogen (secondary N) is 1. The molecule has 4 heteroatoms. The lowest BCUT2D eigenvalue weighted by atomic mass is 9.84. The summed E-state index contributed by atoms with van der Waals surface area (Å²) >= 11 is 0. The summed E-state index contributed by atoms with van der Waals surface area (Å²) in [4.78, 5) is 14.9. The SMILES string of the molecule is CC(c1ccccc1)N(CC(=O)NC1CCOCC1)CC1CCC1. The van der Waals surface area contributed by atoms with Crippen molar-refractivity contribution < 1.29 is 9.53 Å². The van der Waals surface area contributed by atoms with E-state index in [-0.39, 0.29) is 18.0 Å². The van der Waals surface area contributed by atoms with Gasteiger partial charge in [0.2, 0.25) is 5.91 Å². The third-order valence-corrected chi connectivity index (χ3v) is 5.48. The van der Waals surface area contributed by atoms with E-state index in [0.29, 0.717) is 6.54 Å². The minimum atomic E-state index is 0.156. The average Bonchev–Trinajstić information content (AvgIpc) is 2.58. The Morgan fingerprint density at radius 1 is 1.21 bits per heavy atom. The molecular weight excluding hydrogens is 300 g/mol. The highest BCUT2D eigenvalue weighted by Crippen LogP contribution is 2.30. The van der Waals surface area contributed by atoms with Crippen molar-refractivity contribution in [2.45, 2.75) is 51.1 Å². The predicted molar refractivity (Wildman–Crippen MR) is 95.8 cm³/mol. The second-order valence-electron chi connectivity index (χ2n) is 7.27. The molecule has 1 saturated carbocycles. The topological polar surface area (TPSA) is 41.6 Å². The van der Waals surface area contributed by atoms with Crippen LogP contribution in [0.3, 0.4) is 0 Å². The Balaban J connectivity index is 1.59. The molecule has 24 heavy (non-hydrogen) atoms. The van der Waals surface area contributed by atoms with Crippen LogP contribution in [0.5, 0.6) is 0 Å². The molecular formula is C20H30N2O2. The molecule has 2 fully saturated rings. The van der Waals surface area contributed by atoms with E-state index in [1.54, 1.807) is 0 Å². The first-order valence-electron chi connectivity index (χ1n) is 9.38. The number of nitrogens with zero attached hydrogens (tertiary/aromatic N) is 1. The number of carbonyl (C=O) groups is 1. The first kappa shape index (κ1) is 17.4. The number of amides is 1. The van der Waals surface area contributed by atoms with Crippen molar-refractivity contribution in [3.05, 3.63) is 35.9 Å². The summed E-state index contributed by atoms with van der Waals surface area (Å²) in [5, 5.41) is 3.20. The molecule has 0 radical (unpaired) electrons. The van der Waals surface area contributed by atoms with E-state index in [1.165, 1.54) is 24.8 Å². The first-order valence-corrected chi connectivity index (χ1v) is 9.38. The molecule has 132 valence electrons. The Morgan fingerprint density at radius 3 is 2.54 bits per heavy atom. The summed E-state index contributed by atoms with van der Waals surface area (Å²) in [6, 6.07) is 11.1. The average molecular weight is 330 g/mol. The summed E-state index contributed by atoms with van der Waals surface area (Å²) in [6.45, 7) is 5.26. The maximum atomic E-state index is 12.6. The second-order valence-corrected chi connectivity index (χ2v) is 7.27. The third-order valence-electron chi connectivity index (χ3n) is 5.48. The molecule has 1 aliphatic carbocycles. The van der Waals surface area contributed by atoms with Gasteiger partial charge in [0.1, 0.15) is 0 Å².